The summed E-state index contributed by atoms with van der Waals surface area (Å²) < 4.78 is 11.3. The first-order chi connectivity index (χ1) is 11.6. The van der Waals surface area contributed by atoms with Crippen molar-refractivity contribution < 1.29 is 19.4 Å². The van der Waals surface area contributed by atoms with E-state index in [2.05, 4.69) is 4.98 Å². The number of benzene rings is 1. The van der Waals surface area contributed by atoms with Crippen LogP contribution in [0.1, 0.15) is 46.4 Å². The number of nitrogens with one attached hydrogen (secondary N) is 1. The molecule has 3 rings (SSSR count). The second-order valence-electron chi connectivity index (χ2n) is 7.93. The lowest BCUT2D eigenvalue weighted by Gasteiger charge is -2.36. The van der Waals surface area contributed by atoms with Gasteiger partial charge in [0.05, 0.1) is 12.6 Å². The smallest absolute Gasteiger partial charge is 0.413 e. The first-order valence-electron chi connectivity index (χ1n) is 8.50. The van der Waals surface area contributed by atoms with Crippen LogP contribution in [0.2, 0.25) is 0 Å². The summed E-state index contributed by atoms with van der Waals surface area (Å²) in [6.45, 7) is 9.29. The van der Waals surface area contributed by atoms with Gasteiger partial charge < -0.3 is 19.6 Å². The maximum Gasteiger partial charge on any atom is 0.413 e. The van der Waals surface area contributed by atoms with Crippen molar-refractivity contribution in [3.05, 3.63) is 36.0 Å². The van der Waals surface area contributed by atoms with Crippen LogP contribution >= 0.6 is 0 Å². The minimum Gasteiger partial charge on any atom is -0.444 e. The third-order valence-electron chi connectivity index (χ3n) is 4.34. The molecule has 25 heavy (non-hydrogen) atoms. The van der Waals surface area contributed by atoms with Crippen LogP contribution in [0.15, 0.2) is 30.3 Å². The van der Waals surface area contributed by atoms with Crippen molar-refractivity contribution in [2.24, 2.45) is 0 Å². The van der Waals surface area contributed by atoms with Gasteiger partial charge in [-0.05, 0) is 52.1 Å². The number of H-pyrrole nitrogens is 1. The van der Waals surface area contributed by atoms with E-state index in [1.54, 1.807) is 13.8 Å². The molecule has 1 aromatic carbocycles. The Morgan fingerprint density at radius 2 is 2.08 bits per heavy atom. The van der Waals surface area contributed by atoms with Gasteiger partial charge in [-0.3, -0.25) is 4.90 Å². The van der Waals surface area contributed by atoms with Crippen molar-refractivity contribution in [2.45, 2.75) is 58.1 Å². The molecule has 1 aliphatic heterocycles. The summed E-state index contributed by atoms with van der Waals surface area (Å²) in [6.07, 6.45) is -1.39. The van der Waals surface area contributed by atoms with Gasteiger partial charge in [-0.2, -0.15) is 0 Å². The van der Waals surface area contributed by atoms with E-state index in [4.69, 9.17) is 9.47 Å². The quantitative estimate of drug-likeness (QED) is 0.872. The topological polar surface area (TPSA) is 74.8 Å². The Morgan fingerprint density at radius 3 is 2.72 bits per heavy atom. The molecular formula is C19H26N2O4. The average molecular weight is 346 g/mol. The third-order valence-corrected chi connectivity index (χ3v) is 4.34. The first-order valence-corrected chi connectivity index (χ1v) is 8.50. The average Bonchev–Trinajstić information content (AvgIpc) is 3.05. The number of rotatable bonds is 2. The molecule has 0 aliphatic carbocycles. The van der Waals surface area contributed by atoms with E-state index in [-0.39, 0.29) is 6.61 Å². The zero-order valence-electron chi connectivity index (χ0n) is 15.4. The van der Waals surface area contributed by atoms with E-state index in [0.717, 1.165) is 10.9 Å². The van der Waals surface area contributed by atoms with Gasteiger partial charge in [-0.25, -0.2) is 4.79 Å². The SMILES string of the molecule is CC(C)(C)OC(=O)N1[C@H]([C@@H](O)c2cc3ccccc3[nH]2)COC1(C)C. The summed E-state index contributed by atoms with van der Waals surface area (Å²) in [6, 6.07) is 9.18. The highest BCUT2D eigenvalue weighted by molar-refractivity contribution is 5.80. The molecule has 136 valence electrons. The summed E-state index contributed by atoms with van der Waals surface area (Å²) in [5.41, 5.74) is 0.131. The maximum atomic E-state index is 12.7. The van der Waals surface area contributed by atoms with E-state index < -0.39 is 29.6 Å². The lowest BCUT2D eigenvalue weighted by atomic mass is 10.1. The van der Waals surface area contributed by atoms with Crippen molar-refractivity contribution in [3.8, 4) is 0 Å². The molecule has 0 saturated carbocycles. The number of aromatic amines is 1. The zero-order chi connectivity index (χ0) is 18.4. The summed E-state index contributed by atoms with van der Waals surface area (Å²) >= 11 is 0. The summed E-state index contributed by atoms with van der Waals surface area (Å²) in [5.74, 6) is 0. The monoisotopic (exact) mass is 346 g/mol. The summed E-state index contributed by atoms with van der Waals surface area (Å²) in [4.78, 5) is 17.4. The van der Waals surface area contributed by atoms with Crippen molar-refractivity contribution >= 4 is 17.0 Å². The molecule has 6 heteroatoms. The fourth-order valence-corrected chi connectivity index (χ4v) is 3.19. The lowest BCUT2D eigenvalue weighted by Crippen LogP contribution is -2.51. The van der Waals surface area contributed by atoms with Gasteiger partial charge in [-0.15, -0.1) is 0 Å². The molecule has 1 saturated heterocycles. The first kappa shape index (κ1) is 17.8. The lowest BCUT2D eigenvalue weighted by molar-refractivity contribution is -0.0680. The largest absolute Gasteiger partial charge is 0.444 e. The van der Waals surface area contributed by atoms with E-state index >= 15 is 0 Å². The van der Waals surface area contributed by atoms with E-state index in [1.807, 2.05) is 51.1 Å². The molecule has 0 bridgehead atoms. The Hall–Kier alpha value is -2.05. The van der Waals surface area contributed by atoms with Crippen LogP contribution in [0.3, 0.4) is 0 Å². The second-order valence-corrected chi connectivity index (χ2v) is 7.93. The van der Waals surface area contributed by atoms with Gasteiger partial charge in [0.1, 0.15) is 17.4 Å². The predicted octanol–water partition coefficient (Wildman–Crippen LogP) is 3.57. The van der Waals surface area contributed by atoms with Crippen LogP contribution in [-0.2, 0) is 9.47 Å². The highest BCUT2D eigenvalue weighted by Gasteiger charge is 2.48. The number of fused-ring (bicyclic) bond motifs is 1. The summed E-state index contributed by atoms with van der Waals surface area (Å²) in [7, 11) is 0. The minimum absolute atomic E-state index is 0.239. The van der Waals surface area contributed by atoms with Gasteiger partial charge in [0.25, 0.3) is 0 Å². The van der Waals surface area contributed by atoms with Gasteiger partial charge in [0, 0.05) is 11.2 Å². The fourth-order valence-electron chi connectivity index (χ4n) is 3.19. The maximum absolute atomic E-state index is 12.7. The van der Waals surface area contributed by atoms with Crippen molar-refractivity contribution in [3.63, 3.8) is 0 Å². The van der Waals surface area contributed by atoms with Crippen LogP contribution in [-0.4, -0.2) is 45.1 Å². The Labute approximate surface area is 147 Å². The van der Waals surface area contributed by atoms with Crippen molar-refractivity contribution in [1.29, 1.82) is 0 Å². The summed E-state index contributed by atoms with van der Waals surface area (Å²) in [5, 5.41) is 11.9. The van der Waals surface area contributed by atoms with Crippen LogP contribution in [0.4, 0.5) is 4.79 Å². The molecule has 6 nitrogen and oxygen atoms in total. The number of hydrogen-bond donors (Lipinski definition) is 2. The van der Waals surface area contributed by atoms with Crippen LogP contribution in [0.5, 0.6) is 0 Å². The predicted molar refractivity (Wildman–Crippen MR) is 95.2 cm³/mol. The second kappa shape index (κ2) is 6.04. The number of ether oxygens (including phenoxy) is 2. The van der Waals surface area contributed by atoms with Gasteiger partial charge in [0.15, 0.2) is 0 Å². The van der Waals surface area contributed by atoms with Crippen LogP contribution in [0, 0.1) is 0 Å². The highest BCUT2D eigenvalue weighted by Crippen LogP contribution is 2.36. The number of aliphatic hydroxyl groups is 1. The standard InChI is InChI=1S/C19H26N2O4/c1-18(2,3)25-17(23)21-15(11-24-19(21,4)5)16(22)14-10-12-8-6-7-9-13(12)20-14/h6-10,15-16,20,22H,11H2,1-5H3/t15-,16-/m0/s1. The Morgan fingerprint density at radius 1 is 1.40 bits per heavy atom. The highest BCUT2D eigenvalue weighted by atomic mass is 16.6. The molecule has 1 aliphatic rings. The molecule has 1 fully saturated rings. The number of nitrogens with zero attached hydrogens (tertiary/aromatic N) is 1. The fraction of sp³-hybridized carbons (Fsp3) is 0.526. The number of para-hydroxylation sites is 1. The number of hydrogen-bond acceptors (Lipinski definition) is 4. The molecule has 2 N–H and O–H groups in total. The van der Waals surface area contributed by atoms with Gasteiger partial charge in [0.2, 0.25) is 0 Å². The molecule has 1 aromatic heterocycles. The Kier molecular flexibility index (Phi) is 4.29. The minimum atomic E-state index is -0.901. The van der Waals surface area contributed by atoms with Crippen molar-refractivity contribution in [2.75, 3.05) is 6.61 Å². The number of carbonyl (C=O) groups is 1. The third kappa shape index (κ3) is 3.50. The molecule has 2 heterocycles. The Bertz CT molecular complexity index is 742. The normalized spacial score (nSPS) is 21.5. The molecule has 0 spiro atoms. The Balaban J connectivity index is 1.89. The van der Waals surface area contributed by atoms with Crippen molar-refractivity contribution in [1.82, 2.24) is 9.88 Å². The number of carbonyl (C=O) groups excluding carboxylic acids is 1. The molecule has 0 unspecified atom stereocenters. The molecule has 2 aromatic rings. The molecular weight excluding hydrogens is 320 g/mol. The molecule has 1 amide bonds. The van der Waals surface area contributed by atoms with E-state index in [0.29, 0.717) is 5.69 Å². The zero-order valence-corrected chi connectivity index (χ0v) is 15.4. The van der Waals surface area contributed by atoms with Crippen LogP contribution in [0.25, 0.3) is 10.9 Å². The molecule has 2 atom stereocenters. The number of aromatic nitrogens is 1. The molecule has 0 radical (unpaired) electrons. The number of aliphatic hydroxyl groups excluding tert-OH is 1. The van der Waals surface area contributed by atoms with Gasteiger partial charge in [-0.1, -0.05) is 18.2 Å². The van der Waals surface area contributed by atoms with Crippen LogP contribution < -0.4 is 0 Å². The van der Waals surface area contributed by atoms with Gasteiger partial charge >= 0.3 is 6.09 Å². The van der Waals surface area contributed by atoms with E-state index in [9.17, 15) is 9.90 Å². The van der Waals surface area contributed by atoms with E-state index in [1.165, 1.54) is 4.90 Å². The number of amides is 1.